The second-order valence-corrected chi connectivity index (χ2v) is 2.64. The van der Waals surface area contributed by atoms with Crippen LogP contribution in [0.3, 0.4) is 0 Å². The van der Waals surface area contributed by atoms with Crippen molar-refractivity contribution in [2.45, 2.75) is 6.42 Å². The summed E-state index contributed by atoms with van der Waals surface area (Å²) in [5.41, 5.74) is 0.887. The zero-order chi connectivity index (χ0) is 10.4. The normalized spacial score (nSPS) is 9.14. The summed E-state index contributed by atoms with van der Waals surface area (Å²) >= 11 is 0. The molecule has 0 unspecified atom stereocenters. The molecule has 0 spiro atoms. The van der Waals surface area contributed by atoms with Crippen LogP contribution in [0.4, 0.5) is 0 Å². The highest BCUT2D eigenvalue weighted by atomic mass is 16.5. The Balaban J connectivity index is 2.68. The Morgan fingerprint density at radius 2 is 2.00 bits per heavy atom. The van der Waals surface area contributed by atoms with Gasteiger partial charge in [0.1, 0.15) is 12.0 Å². The molecule has 0 aliphatic heterocycles. The lowest BCUT2D eigenvalue weighted by Gasteiger charge is -2.01. The predicted molar refractivity (Wildman–Crippen MR) is 52.0 cm³/mol. The zero-order valence-electron chi connectivity index (χ0n) is 7.60. The number of esters is 1. The number of hydrogen-bond acceptors (Lipinski definition) is 3. The molecule has 14 heavy (non-hydrogen) atoms. The minimum Gasteiger partial charge on any atom is -0.423 e. The van der Waals surface area contributed by atoms with Crippen LogP contribution in [0.2, 0.25) is 0 Å². The molecule has 3 nitrogen and oxygen atoms in total. The molecule has 0 fully saturated rings. The van der Waals surface area contributed by atoms with Gasteiger partial charge in [-0.25, -0.2) is 4.79 Å². The van der Waals surface area contributed by atoms with E-state index in [-0.39, 0.29) is 0 Å². The van der Waals surface area contributed by atoms with E-state index in [2.05, 4.69) is 6.58 Å². The molecule has 1 aromatic rings. The van der Waals surface area contributed by atoms with Crippen molar-refractivity contribution < 1.29 is 14.3 Å². The SMILES string of the molecule is C=CC(=O)Oc1ccc(CC=O)cc1. The molecule has 0 heterocycles. The van der Waals surface area contributed by atoms with Crippen LogP contribution in [0.1, 0.15) is 5.56 Å². The van der Waals surface area contributed by atoms with Crippen molar-refractivity contribution in [3.05, 3.63) is 42.5 Å². The molecular formula is C11H10O3. The molecule has 0 aliphatic rings. The van der Waals surface area contributed by atoms with Crippen LogP contribution in [0, 0.1) is 0 Å². The standard InChI is InChI=1S/C11H10O3/c1-2-11(13)14-10-5-3-9(4-6-10)7-8-12/h2-6,8H,1,7H2. The fraction of sp³-hybridized carbons (Fsp3) is 0.0909. The summed E-state index contributed by atoms with van der Waals surface area (Å²) < 4.78 is 4.85. The first-order valence-corrected chi connectivity index (χ1v) is 4.13. The fourth-order valence-electron chi connectivity index (χ4n) is 0.948. The second-order valence-electron chi connectivity index (χ2n) is 2.64. The molecule has 0 atom stereocenters. The van der Waals surface area contributed by atoms with Crippen molar-refractivity contribution in [3.8, 4) is 5.75 Å². The maximum atomic E-state index is 10.8. The largest absolute Gasteiger partial charge is 0.423 e. The van der Waals surface area contributed by atoms with Crippen LogP contribution in [-0.4, -0.2) is 12.3 Å². The highest BCUT2D eigenvalue weighted by Crippen LogP contribution is 2.12. The molecule has 0 saturated carbocycles. The molecule has 0 radical (unpaired) electrons. The van der Waals surface area contributed by atoms with Gasteiger partial charge in [-0.15, -0.1) is 0 Å². The zero-order valence-corrected chi connectivity index (χ0v) is 7.60. The van der Waals surface area contributed by atoms with E-state index in [1.165, 1.54) is 0 Å². The average molecular weight is 190 g/mol. The van der Waals surface area contributed by atoms with Gasteiger partial charge in [0.2, 0.25) is 0 Å². The molecule has 0 aromatic heterocycles. The van der Waals surface area contributed by atoms with E-state index >= 15 is 0 Å². The Labute approximate surface area is 82.0 Å². The first kappa shape index (κ1) is 10.2. The van der Waals surface area contributed by atoms with E-state index in [1.54, 1.807) is 24.3 Å². The number of aldehydes is 1. The highest BCUT2D eigenvalue weighted by Gasteiger charge is 1.98. The van der Waals surface area contributed by atoms with Gasteiger partial charge >= 0.3 is 5.97 Å². The third-order valence-electron chi connectivity index (χ3n) is 1.63. The fourth-order valence-corrected chi connectivity index (χ4v) is 0.948. The van der Waals surface area contributed by atoms with E-state index in [0.717, 1.165) is 17.9 Å². The van der Waals surface area contributed by atoms with Crippen molar-refractivity contribution in [1.82, 2.24) is 0 Å². The van der Waals surface area contributed by atoms with E-state index in [0.29, 0.717) is 12.2 Å². The van der Waals surface area contributed by atoms with Crippen molar-refractivity contribution in [2.24, 2.45) is 0 Å². The van der Waals surface area contributed by atoms with E-state index < -0.39 is 5.97 Å². The van der Waals surface area contributed by atoms with Gasteiger partial charge in [0, 0.05) is 12.5 Å². The lowest BCUT2D eigenvalue weighted by molar-refractivity contribution is -0.129. The van der Waals surface area contributed by atoms with Gasteiger partial charge < -0.3 is 9.53 Å². The van der Waals surface area contributed by atoms with E-state index in [9.17, 15) is 9.59 Å². The van der Waals surface area contributed by atoms with Gasteiger partial charge in [-0.3, -0.25) is 0 Å². The van der Waals surface area contributed by atoms with Gasteiger partial charge in [-0.2, -0.15) is 0 Å². The van der Waals surface area contributed by atoms with Crippen LogP contribution in [-0.2, 0) is 16.0 Å². The summed E-state index contributed by atoms with van der Waals surface area (Å²) in [4.78, 5) is 21.0. The Morgan fingerprint density at radius 1 is 1.36 bits per heavy atom. The number of rotatable bonds is 4. The lowest BCUT2D eigenvalue weighted by atomic mass is 10.2. The highest BCUT2D eigenvalue weighted by molar-refractivity contribution is 5.83. The molecule has 1 rings (SSSR count). The predicted octanol–water partition coefficient (Wildman–Crippen LogP) is 1.52. The number of hydrogen-bond donors (Lipinski definition) is 0. The molecule has 0 N–H and O–H groups in total. The topological polar surface area (TPSA) is 43.4 Å². The molecule has 0 amide bonds. The summed E-state index contributed by atoms with van der Waals surface area (Å²) in [6.07, 6.45) is 2.29. The number of benzene rings is 1. The Hall–Kier alpha value is -1.90. The van der Waals surface area contributed by atoms with Crippen molar-refractivity contribution in [1.29, 1.82) is 0 Å². The molecule has 0 bridgehead atoms. The van der Waals surface area contributed by atoms with Gasteiger partial charge in [-0.1, -0.05) is 18.7 Å². The first-order valence-electron chi connectivity index (χ1n) is 4.13. The summed E-state index contributed by atoms with van der Waals surface area (Å²) in [6, 6.07) is 6.75. The number of ether oxygens (including phenoxy) is 1. The smallest absolute Gasteiger partial charge is 0.335 e. The van der Waals surface area contributed by atoms with Crippen molar-refractivity contribution in [3.63, 3.8) is 0 Å². The minimum atomic E-state index is -0.492. The third kappa shape index (κ3) is 2.86. The van der Waals surface area contributed by atoms with Gasteiger partial charge in [-0.05, 0) is 17.7 Å². The quantitative estimate of drug-likeness (QED) is 0.313. The second kappa shape index (κ2) is 4.97. The maximum absolute atomic E-state index is 10.8. The Morgan fingerprint density at radius 3 is 2.50 bits per heavy atom. The average Bonchev–Trinajstić information content (AvgIpc) is 2.21. The Bertz CT molecular complexity index is 338. The van der Waals surface area contributed by atoms with Crippen LogP contribution in [0.25, 0.3) is 0 Å². The molecule has 0 saturated heterocycles. The summed E-state index contributed by atoms with van der Waals surface area (Å²) in [5.74, 6) is -0.0438. The number of carbonyl (C=O) groups excluding carboxylic acids is 2. The summed E-state index contributed by atoms with van der Waals surface area (Å²) in [7, 11) is 0. The van der Waals surface area contributed by atoms with Crippen molar-refractivity contribution >= 4 is 12.3 Å². The monoisotopic (exact) mass is 190 g/mol. The maximum Gasteiger partial charge on any atom is 0.335 e. The lowest BCUT2D eigenvalue weighted by Crippen LogP contribution is -2.02. The molecule has 0 aliphatic carbocycles. The number of carbonyl (C=O) groups is 2. The summed E-state index contributed by atoms with van der Waals surface area (Å²) in [6.45, 7) is 3.28. The molecule has 3 heteroatoms. The van der Waals surface area contributed by atoms with Crippen LogP contribution in [0.5, 0.6) is 5.75 Å². The van der Waals surface area contributed by atoms with Crippen molar-refractivity contribution in [2.75, 3.05) is 0 Å². The molecular weight excluding hydrogens is 180 g/mol. The van der Waals surface area contributed by atoms with E-state index in [4.69, 9.17) is 4.74 Å². The molecule has 1 aromatic carbocycles. The van der Waals surface area contributed by atoms with Crippen LogP contribution < -0.4 is 4.74 Å². The minimum absolute atomic E-state index is 0.371. The van der Waals surface area contributed by atoms with Gasteiger partial charge in [0.15, 0.2) is 0 Å². The van der Waals surface area contributed by atoms with Gasteiger partial charge in [0.25, 0.3) is 0 Å². The van der Waals surface area contributed by atoms with Gasteiger partial charge in [0.05, 0.1) is 0 Å². The van der Waals surface area contributed by atoms with Crippen LogP contribution >= 0.6 is 0 Å². The van der Waals surface area contributed by atoms with Crippen LogP contribution in [0.15, 0.2) is 36.9 Å². The van der Waals surface area contributed by atoms with E-state index in [1.807, 2.05) is 0 Å². The third-order valence-corrected chi connectivity index (χ3v) is 1.63. The first-order chi connectivity index (χ1) is 6.76. The summed E-state index contributed by atoms with van der Waals surface area (Å²) in [5, 5.41) is 0. The molecule has 72 valence electrons. The Kier molecular flexibility index (Phi) is 3.61.